The summed E-state index contributed by atoms with van der Waals surface area (Å²) in [6.07, 6.45) is 0. The third-order valence-electron chi connectivity index (χ3n) is 4.57. The quantitative estimate of drug-likeness (QED) is 0.658. The zero-order valence-electron chi connectivity index (χ0n) is 13.8. The van der Waals surface area contributed by atoms with Crippen molar-refractivity contribution in [3.05, 3.63) is 64.9 Å². The average Bonchev–Trinajstić information content (AvgIpc) is 3.01. The molecule has 0 radical (unpaired) electrons. The number of halogens is 2. The van der Waals surface area contributed by atoms with Crippen molar-refractivity contribution in [2.24, 2.45) is 0 Å². The normalized spacial score (nSPS) is 16.3. The maximum Gasteiger partial charge on any atom is 0.268 e. The summed E-state index contributed by atoms with van der Waals surface area (Å²) < 4.78 is 26.3. The molecule has 2 heterocycles. The van der Waals surface area contributed by atoms with Gasteiger partial charge in [-0.25, -0.2) is 8.78 Å². The molecule has 0 saturated carbocycles. The Hall–Kier alpha value is -3.22. The van der Waals surface area contributed by atoms with Crippen LogP contribution in [0.2, 0.25) is 0 Å². The zero-order valence-corrected chi connectivity index (χ0v) is 13.8. The van der Waals surface area contributed by atoms with E-state index in [4.69, 9.17) is 0 Å². The van der Waals surface area contributed by atoms with Crippen LogP contribution in [0.15, 0.2) is 36.4 Å². The number of nitrogens with one attached hydrogen (secondary N) is 3. The van der Waals surface area contributed by atoms with E-state index in [0.717, 1.165) is 28.6 Å². The molecule has 0 spiro atoms. The molecule has 4 rings (SSSR count). The first-order chi connectivity index (χ1) is 12.4. The molecule has 0 aliphatic carbocycles. The van der Waals surface area contributed by atoms with Crippen LogP contribution in [-0.2, 0) is 0 Å². The molecule has 0 bridgehead atoms. The lowest BCUT2D eigenvalue weighted by molar-refractivity contribution is 0.0936. The van der Waals surface area contributed by atoms with Gasteiger partial charge in [0.25, 0.3) is 11.8 Å². The standard InChI is InChI=1S/C19H15F2N3O2/c1-9-8-22-19(26)17-16(9)12-6-10(2-5-15(12)24-17)18(25)23-11-3-4-13(20)14(21)7-11/h2-7,9,24H,8H2,1H3,(H,22,26)(H,23,25). The molecule has 1 aromatic heterocycles. The molecule has 3 N–H and O–H groups in total. The van der Waals surface area contributed by atoms with E-state index >= 15 is 0 Å². The fourth-order valence-electron chi connectivity index (χ4n) is 3.26. The van der Waals surface area contributed by atoms with Crippen LogP contribution in [0.5, 0.6) is 0 Å². The molecule has 1 aliphatic heterocycles. The maximum absolute atomic E-state index is 13.3. The minimum atomic E-state index is -1.03. The second-order valence-corrected chi connectivity index (χ2v) is 6.37. The number of H-pyrrole nitrogens is 1. The second-order valence-electron chi connectivity index (χ2n) is 6.37. The smallest absolute Gasteiger partial charge is 0.268 e. The molecular weight excluding hydrogens is 340 g/mol. The molecule has 0 fully saturated rings. The minimum Gasteiger partial charge on any atom is -0.350 e. The van der Waals surface area contributed by atoms with E-state index in [2.05, 4.69) is 15.6 Å². The molecule has 2 amide bonds. The van der Waals surface area contributed by atoms with E-state index in [9.17, 15) is 18.4 Å². The van der Waals surface area contributed by atoms with E-state index in [-0.39, 0.29) is 17.5 Å². The summed E-state index contributed by atoms with van der Waals surface area (Å²) in [6.45, 7) is 2.53. The average molecular weight is 355 g/mol. The Balaban J connectivity index is 1.70. The number of fused-ring (bicyclic) bond motifs is 3. The number of anilines is 1. The first kappa shape index (κ1) is 16.3. The van der Waals surface area contributed by atoms with Crippen molar-refractivity contribution in [3.63, 3.8) is 0 Å². The van der Waals surface area contributed by atoms with Crippen LogP contribution < -0.4 is 10.6 Å². The zero-order chi connectivity index (χ0) is 18.4. The van der Waals surface area contributed by atoms with Crippen molar-refractivity contribution in [1.29, 1.82) is 0 Å². The molecule has 1 unspecified atom stereocenters. The fraction of sp³-hybridized carbons (Fsp3) is 0.158. The number of rotatable bonds is 2. The molecule has 0 saturated heterocycles. The summed E-state index contributed by atoms with van der Waals surface area (Å²) in [5.74, 6) is -2.50. The van der Waals surface area contributed by atoms with Gasteiger partial charge in [-0.05, 0) is 35.9 Å². The van der Waals surface area contributed by atoms with Gasteiger partial charge in [-0.15, -0.1) is 0 Å². The van der Waals surface area contributed by atoms with E-state index in [0.29, 0.717) is 17.8 Å². The van der Waals surface area contributed by atoms with Crippen molar-refractivity contribution < 1.29 is 18.4 Å². The van der Waals surface area contributed by atoms with Crippen LogP contribution in [0.25, 0.3) is 10.9 Å². The third kappa shape index (κ3) is 2.61. The third-order valence-corrected chi connectivity index (χ3v) is 4.57. The molecule has 1 aliphatic rings. The molecule has 132 valence electrons. The van der Waals surface area contributed by atoms with Crippen LogP contribution in [0.1, 0.15) is 39.3 Å². The van der Waals surface area contributed by atoms with Gasteiger partial charge in [0, 0.05) is 40.7 Å². The summed E-state index contributed by atoms with van der Waals surface area (Å²) in [7, 11) is 0. The second kappa shape index (κ2) is 5.94. The lowest BCUT2D eigenvalue weighted by atomic mass is 9.93. The number of aromatic nitrogens is 1. The highest BCUT2D eigenvalue weighted by atomic mass is 19.2. The summed E-state index contributed by atoms with van der Waals surface area (Å²) in [6, 6.07) is 8.22. The maximum atomic E-state index is 13.3. The van der Waals surface area contributed by atoms with Crippen molar-refractivity contribution in [2.45, 2.75) is 12.8 Å². The Morgan fingerprint density at radius 3 is 2.73 bits per heavy atom. The molecule has 26 heavy (non-hydrogen) atoms. The highest BCUT2D eigenvalue weighted by Crippen LogP contribution is 2.32. The van der Waals surface area contributed by atoms with Crippen LogP contribution in [0.4, 0.5) is 14.5 Å². The van der Waals surface area contributed by atoms with Gasteiger partial charge in [0.15, 0.2) is 11.6 Å². The van der Waals surface area contributed by atoms with E-state index in [1.165, 1.54) is 6.07 Å². The van der Waals surface area contributed by atoms with Gasteiger partial charge in [0.2, 0.25) is 0 Å². The number of hydrogen-bond donors (Lipinski definition) is 3. The fourth-order valence-corrected chi connectivity index (χ4v) is 3.26. The van der Waals surface area contributed by atoms with Crippen LogP contribution >= 0.6 is 0 Å². The minimum absolute atomic E-state index is 0.112. The Morgan fingerprint density at radius 1 is 1.15 bits per heavy atom. The predicted octanol–water partition coefficient (Wildman–Crippen LogP) is 3.55. The van der Waals surface area contributed by atoms with Crippen molar-refractivity contribution in [1.82, 2.24) is 10.3 Å². The number of carbonyl (C=O) groups is 2. The van der Waals surface area contributed by atoms with E-state index in [1.54, 1.807) is 18.2 Å². The van der Waals surface area contributed by atoms with Crippen LogP contribution in [-0.4, -0.2) is 23.3 Å². The van der Waals surface area contributed by atoms with Gasteiger partial charge in [0.05, 0.1) is 0 Å². The number of carbonyl (C=O) groups excluding carboxylic acids is 2. The molecule has 1 atom stereocenters. The number of aromatic amines is 1. The number of hydrogen-bond acceptors (Lipinski definition) is 2. The van der Waals surface area contributed by atoms with Gasteiger partial charge >= 0.3 is 0 Å². The van der Waals surface area contributed by atoms with Crippen molar-refractivity contribution in [3.8, 4) is 0 Å². The highest BCUT2D eigenvalue weighted by molar-refractivity contribution is 6.08. The Bertz CT molecular complexity index is 1060. The van der Waals surface area contributed by atoms with Crippen LogP contribution in [0.3, 0.4) is 0 Å². The number of amides is 2. The molecular formula is C19H15F2N3O2. The van der Waals surface area contributed by atoms with Gasteiger partial charge in [-0.1, -0.05) is 6.92 Å². The van der Waals surface area contributed by atoms with E-state index < -0.39 is 17.5 Å². The van der Waals surface area contributed by atoms with Crippen molar-refractivity contribution >= 4 is 28.4 Å². The largest absolute Gasteiger partial charge is 0.350 e. The molecule has 7 heteroatoms. The first-order valence-corrected chi connectivity index (χ1v) is 8.14. The van der Waals surface area contributed by atoms with Gasteiger partial charge in [-0.3, -0.25) is 9.59 Å². The molecule has 3 aromatic rings. The number of benzene rings is 2. The predicted molar refractivity (Wildman–Crippen MR) is 93.4 cm³/mol. The summed E-state index contributed by atoms with van der Waals surface area (Å²) >= 11 is 0. The SMILES string of the molecule is CC1CNC(=O)c2[nH]c3ccc(C(=O)Nc4ccc(F)c(F)c4)cc3c21. The van der Waals surface area contributed by atoms with Gasteiger partial charge in [-0.2, -0.15) is 0 Å². The summed E-state index contributed by atoms with van der Waals surface area (Å²) in [5, 5.41) is 6.17. The Kier molecular flexibility index (Phi) is 3.72. The lowest BCUT2D eigenvalue weighted by Crippen LogP contribution is -2.33. The van der Waals surface area contributed by atoms with Crippen LogP contribution in [0, 0.1) is 11.6 Å². The molecule has 5 nitrogen and oxygen atoms in total. The van der Waals surface area contributed by atoms with Gasteiger partial charge in [0.1, 0.15) is 5.69 Å². The van der Waals surface area contributed by atoms with Crippen molar-refractivity contribution in [2.75, 3.05) is 11.9 Å². The van der Waals surface area contributed by atoms with E-state index in [1.807, 2.05) is 6.92 Å². The lowest BCUT2D eigenvalue weighted by Gasteiger charge is -2.19. The summed E-state index contributed by atoms with van der Waals surface area (Å²) in [4.78, 5) is 27.6. The van der Waals surface area contributed by atoms with Gasteiger partial charge < -0.3 is 15.6 Å². The first-order valence-electron chi connectivity index (χ1n) is 8.14. The Morgan fingerprint density at radius 2 is 1.96 bits per heavy atom. The monoisotopic (exact) mass is 355 g/mol. The highest BCUT2D eigenvalue weighted by Gasteiger charge is 2.27. The topological polar surface area (TPSA) is 74.0 Å². The Labute approximate surface area is 147 Å². The summed E-state index contributed by atoms with van der Waals surface area (Å²) in [5.41, 5.74) is 2.69. The molecule has 2 aromatic carbocycles.